The first-order chi connectivity index (χ1) is 9.58. The zero-order chi connectivity index (χ0) is 14.5. The number of carboxylic acids is 1. The number of hydrogen-bond acceptors (Lipinski definition) is 3. The molecule has 0 spiro atoms. The molecule has 110 valence electrons. The van der Waals surface area contributed by atoms with Crippen LogP contribution in [0.4, 0.5) is 10.5 Å². The van der Waals surface area contributed by atoms with Crippen LogP contribution in [0.1, 0.15) is 26.2 Å². The molecule has 0 unspecified atom stereocenters. The molecular weight excluding hydrogens is 260 g/mol. The van der Waals surface area contributed by atoms with Crippen LogP contribution in [-0.4, -0.2) is 44.9 Å². The highest BCUT2D eigenvalue weighted by atomic mass is 16.4. The predicted octanol–water partition coefficient (Wildman–Crippen LogP) is 1.62. The summed E-state index contributed by atoms with van der Waals surface area (Å²) in [5.74, 6) is -0.325. The normalized spacial score (nSPS) is 14.1. The number of aliphatic carboxylic acids is 1. The largest absolute Gasteiger partial charge is 0.480 e. The number of nitrogens with zero attached hydrogens (tertiary/aromatic N) is 3. The van der Waals surface area contributed by atoms with Crippen LogP contribution in [0.15, 0.2) is 12.4 Å². The van der Waals surface area contributed by atoms with Crippen molar-refractivity contribution in [1.82, 2.24) is 14.7 Å². The predicted molar refractivity (Wildman–Crippen MR) is 73.5 cm³/mol. The smallest absolute Gasteiger partial charge is 0.325 e. The van der Waals surface area contributed by atoms with Gasteiger partial charge in [0.25, 0.3) is 0 Å². The van der Waals surface area contributed by atoms with Crippen LogP contribution in [0.5, 0.6) is 0 Å². The van der Waals surface area contributed by atoms with E-state index >= 15 is 0 Å². The first-order valence-corrected chi connectivity index (χ1v) is 6.88. The van der Waals surface area contributed by atoms with Gasteiger partial charge in [-0.15, -0.1) is 0 Å². The Labute approximate surface area is 117 Å². The lowest BCUT2D eigenvalue weighted by Gasteiger charge is -2.21. The fourth-order valence-electron chi connectivity index (χ4n) is 2.01. The van der Waals surface area contributed by atoms with Crippen molar-refractivity contribution in [3.8, 4) is 0 Å². The average Bonchev–Trinajstić information content (AvgIpc) is 3.09. The van der Waals surface area contributed by atoms with E-state index in [-0.39, 0.29) is 12.6 Å². The van der Waals surface area contributed by atoms with Crippen molar-refractivity contribution in [1.29, 1.82) is 0 Å². The molecule has 1 aromatic heterocycles. The maximum atomic E-state index is 12.2. The van der Waals surface area contributed by atoms with Crippen LogP contribution < -0.4 is 5.32 Å². The van der Waals surface area contributed by atoms with E-state index in [4.69, 9.17) is 5.11 Å². The Kier molecular flexibility index (Phi) is 4.60. The van der Waals surface area contributed by atoms with Gasteiger partial charge in [0.2, 0.25) is 0 Å². The van der Waals surface area contributed by atoms with Crippen LogP contribution in [0.3, 0.4) is 0 Å². The lowest BCUT2D eigenvalue weighted by molar-refractivity contribution is -0.137. The van der Waals surface area contributed by atoms with Gasteiger partial charge in [-0.25, -0.2) is 4.79 Å². The van der Waals surface area contributed by atoms with Crippen LogP contribution in [0.25, 0.3) is 0 Å². The Balaban J connectivity index is 1.90. The van der Waals surface area contributed by atoms with Gasteiger partial charge in [0.15, 0.2) is 0 Å². The van der Waals surface area contributed by atoms with E-state index in [0.29, 0.717) is 11.6 Å². The molecule has 0 aromatic carbocycles. The topological polar surface area (TPSA) is 87.5 Å². The SMILES string of the molecule is CCCN(CC1CC1)C(=O)Nc1cnn(CC(=O)O)c1. The van der Waals surface area contributed by atoms with Gasteiger partial charge in [0, 0.05) is 19.3 Å². The summed E-state index contributed by atoms with van der Waals surface area (Å²) in [5.41, 5.74) is 0.521. The number of carboxylic acid groups (broad SMARTS) is 1. The number of anilines is 1. The highest BCUT2D eigenvalue weighted by Crippen LogP contribution is 2.29. The minimum Gasteiger partial charge on any atom is -0.480 e. The fourth-order valence-corrected chi connectivity index (χ4v) is 2.01. The summed E-state index contributed by atoms with van der Waals surface area (Å²) in [6.45, 7) is 3.35. The fraction of sp³-hybridized carbons (Fsp3) is 0.615. The molecule has 7 nitrogen and oxygen atoms in total. The molecule has 2 rings (SSSR count). The van der Waals surface area contributed by atoms with Crippen molar-refractivity contribution in [3.63, 3.8) is 0 Å². The third-order valence-corrected chi connectivity index (χ3v) is 3.14. The van der Waals surface area contributed by atoms with Crippen LogP contribution in [-0.2, 0) is 11.3 Å². The molecular formula is C13H20N4O3. The molecule has 1 saturated carbocycles. The average molecular weight is 280 g/mol. The Hall–Kier alpha value is -2.05. The van der Waals surface area contributed by atoms with E-state index in [0.717, 1.165) is 19.5 Å². The van der Waals surface area contributed by atoms with Crippen molar-refractivity contribution in [2.24, 2.45) is 5.92 Å². The second-order valence-electron chi connectivity index (χ2n) is 5.14. The molecule has 1 aliphatic carbocycles. The molecule has 1 fully saturated rings. The second kappa shape index (κ2) is 6.40. The van der Waals surface area contributed by atoms with Crippen LogP contribution in [0, 0.1) is 5.92 Å². The number of aromatic nitrogens is 2. The van der Waals surface area contributed by atoms with Gasteiger partial charge in [-0.3, -0.25) is 9.48 Å². The summed E-state index contributed by atoms with van der Waals surface area (Å²) >= 11 is 0. The molecule has 7 heteroatoms. The van der Waals surface area contributed by atoms with Gasteiger partial charge in [0.1, 0.15) is 6.54 Å². The van der Waals surface area contributed by atoms with Crippen molar-refractivity contribution >= 4 is 17.7 Å². The van der Waals surface area contributed by atoms with Gasteiger partial charge in [-0.1, -0.05) is 6.92 Å². The van der Waals surface area contributed by atoms with E-state index < -0.39 is 5.97 Å². The molecule has 1 aliphatic rings. The minimum absolute atomic E-state index is 0.145. The molecule has 2 amide bonds. The maximum Gasteiger partial charge on any atom is 0.325 e. The number of carbonyl (C=O) groups excluding carboxylic acids is 1. The third-order valence-electron chi connectivity index (χ3n) is 3.14. The van der Waals surface area contributed by atoms with Crippen molar-refractivity contribution < 1.29 is 14.7 Å². The van der Waals surface area contributed by atoms with Crippen LogP contribution >= 0.6 is 0 Å². The number of hydrogen-bond donors (Lipinski definition) is 2. The lowest BCUT2D eigenvalue weighted by Crippen LogP contribution is -2.37. The summed E-state index contributed by atoms with van der Waals surface area (Å²) in [6.07, 6.45) is 6.29. The summed E-state index contributed by atoms with van der Waals surface area (Å²) < 4.78 is 1.28. The third kappa shape index (κ3) is 4.25. The molecule has 0 bridgehead atoms. The molecule has 0 aliphatic heterocycles. The van der Waals surface area contributed by atoms with Gasteiger partial charge in [-0.2, -0.15) is 5.10 Å². The number of rotatable bonds is 7. The summed E-state index contributed by atoms with van der Waals surface area (Å²) in [5, 5.41) is 15.3. The van der Waals surface area contributed by atoms with E-state index in [9.17, 15) is 9.59 Å². The Morgan fingerprint density at radius 2 is 2.30 bits per heavy atom. The maximum absolute atomic E-state index is 12.2. The quantitative estimate of drug-likeness (QED) is 0.794. The zero-order valence-electron chi connectivity index (χ0n) is 11.6. The van der Waals surface area contributed by atoms with E-state index in [2.05, 4.69) is 10.4 Å². The van der Waals surface area contributed by atoms with Gasteiger partial charge in [0.05, 0.1) is 11.9 Å². The second-order valence-corrected chi connectivity index (χ2v) is 5.14. The first kappa shape index (κ1) is 14.4. The Morgan fingerprint density at radius 3 is 2.90 bits per heavy atom. The monoisotopic (exact) mass is 280 g/mol. The Morgan fingerprint density at radius 1 is 1.55 bits per heavy atom. The zero-order valence-corrected chi connectivity index (χ0v) is 11.6. The van der Waals surface area contributed by atoms with Gasteiger partial charge >= 0.3 is 12.0 Å². The molecule has 0 radical (unpaired) electrons. The van der Waals surface area contributed by atoms with E-state index in [1.165, 1.54) is 29.9 Å². The van der Waals surface area contributed by atoms with Crippen molar-refractivity contribution in [2.75, 3.05) is 18.4 Å². The van der Waals surface area contributed by atoms with E-state index in [1.807, 2.05) is 11.8 Å². The summed E-state index contributed by atoms with van der Waals surface area (Å²) in [7, 11) is 0. The summed E-state index contributed by atoms with van der Waals surface area (Å²) in [4.78, 5) is 24.5. The molecule has 2 N–H and O–H groups in total. The standard InChI is InChI=1S/C13H20N4O3/c1-2-5-16(7-10-3-4-10)13(20)15-11-6-14-17(8-11)9-12(18)19/h6,8,10H,2-5,7,9H2,1H3,(H,15,20)(H,18,19). The van der Waals surface area contributed by atoms with Gasteiger partial charge in [-0.05, 0) is 25.2 Å². The highest BCUT2D eigenvalue weighted by molar-refractivity contribution is 5.89. The van der Waals surface area contributed by atoms with Crippen molar-refractivity contribution in [2.45, 2.75) is 32.7 Å². The van der Waals surface area contributed by atoms with Gasteiger partial charge < -0.3 is 15.3 Å². The Bertz CT molecular complexity index is 482. The number of nitrogens with one attached hydrogen (secondary N) is 1. The van der Waals surface area contributed by atoms with E-state index in [1.54, 1.807) is 0 Å². The van der Waals surface area contributed by atoms with Crippen LogP contribution in [0.2, 0.25) is 0 Å². The molecule has 0 atom stereocenters. The molecule has 1 aromatic rings. The molecule has 20 heavy (non-hydrogen) atoms. The molecule has 0 saturated heterocycles. The number of carbonyl (C=O) groups is 2. The number of urea groups is 1. The minimum atomic E-state index is -0.965. The highest BCUT2D eigenvalue weighted by Gasteiger charge is 2.26. The first-order valence-electron chi connectivity index (χ1n) is 6.88. The lowest BCUT2D eigenvalue weighted by atomic mass is 10.3. The summed E-state index contributed by atoms with van der Waals surface area (Å²) in [6, 6.07) is -0.145. The van der Waals surface area contributed by atoms with Crippen molar-refractivity contribution in [3.05, 3.63) is 12.4 Å². The molecule has 1 heterocycles. The number of amides is 2.